The molecule has 0 aromatic carbocycles. The minimum Gasteiger partial charge on any atom is -0.466 e. The van der Waals surface area contributed by atoms with Crippen molar-refractivity contribution in [1.82, 2.24) is 14.5 Å². The smallest absolute Gasteiger partial charge is 0.308 e. The molecule has 60 heavy (non-hydrogen) atoms. The fourth-order valence-corrected chi connectivity index (χ4v) is 7.55. The number of carbonyl (C=O) groups excluding carboxylic acids is 2. The number of imidazole rings is 1. The zero-order valence-corrected chi connectivity index (χ0v) is 41.8. The van der Waals surface area contributed by atoms with Crippen molar-refractivity contribution in [2.24, 2.45) is 5.92 Å². The van der Waals surface area contributed by atoms with E-state index in [2.05, 4.69) is 69.1 Å². The summed E-state index contributed by atoms with van der Waals surface area (Å²) in [5.74, 6) is 1.20. The first kappa shape index (κ1) is 60.2. The van der Waals surface area contributed by atoms with Crippen LogP contribution in [0.4, 0.5) is 0 Å². The van der Waals surface area contributed by atoms with Crippen molar-refractivity contribution in [2.75, 3.05) is 32.8 Å². The van der Waals surface area contributed by atoms with E-state index in [4.69, 9.17) is 9.47 Å². The monoisotopic (exact) mass is 848 g/mol. The Kier molecular flexibility index (Phi) is 49.9. The molecular weight excluding hydrogens is 743 g/mol. The summed E-state index contributed by atoms with van der Waals surface area (Å²) in [5.41, 5.74) is 0. The van der Waals surface area contributed by atoms with Gasteiger partial charge in [0.1, 0.15) is 5.82 Å². The topological polar surface area (TPSA) is 73.7 Å². The van der Waals surface area contributed by atoms with E-state index in [1.165, 1.54) is 148 Å². The van der Waals surface area contributed by atoms with E-state index >= 15 is 0 Å². The predicted molar refractivity (Wildman–Crippen MR) is 261 cm³/mol. The first-order valence-corrected chi connectivity index (χ1v) is 26.4. The van der Waals surface area contributed by atoms with E-state index in [1.807, 2.05) is 13.1 Å². The summed E-state index contributed by atoms with van der Waals surface area (Å²) in [5, 5.41) is 0. The molecule has 0 aliphatic carbocycles. The Morgan fingerprint density at radius 1 is 0.517 bits per heavy atom. The van der Waals surface area contributed by atoms with Crippen molar-refractivity contribution in [1.29, 1.82) is 0 Å². The number of unbranched alkanes of at least 4 members (excludes halogenated alkanes) is 22. The van der Waals surface area contributed by atoms with Gasteiger partial charge in [0.05, 0.1) is 19.1 Å². The van der Waals surface area contributed by atoms with Gasteiger partial charge in [-0.15, -0.1) is 0 Å². The number of aryl methyl sites for hydroxylation is 2. The molecular formula is C53H105N3O4. The van der Waals surface area contributed by atoms with Gasteiger partial charge < -0.3 is 18.9 Å². The first-order valence-electron chi connectivity index (χ1n) is 26.4. The van der Waals surface area contributed by atoms with E-state index in [1.54, 1.807) is 0 Å². The summed E-state index contributed by atoms with van der Waals surface area (Å²) in [6.45, 7) is 23.1. The number of nitrogens with zero attached hydrogens (tertiary/aromatic N) is 3. The van der Waals surface area contributed by atoms with Crippen LogP contribution in [0.1, 0.15) is 266 Å². The molecule has 0 aliphatic rings. The third-order valence-electron chi connectivity index (χ3n) is 11.5. The Morgan fingerprint density at radius 3 is 1.48 bits per heavy atom. The van der Waals surface area contributed by atoms with Gasteiger partial charge in [-0.25, -0.2) is 4.98 Å². The van der Waals surface area contributed by atoms with Crippen molar-refractivity contribution in [3.05, 3.63) is 18.2 Å². The third-order valence-corrected chi connectivity index (χ3v) is 11.5. The van der Waals surface area contributed by atoms with Gasteiger partial charge in [0.2, 0.25) is 0 Å². The van der Waals surface area contributed by atoms with Gasteiger partial charge >= 0.3 is 11.9 Å². The molecule has 7 nitrogen and oxygen atoms in total. The minimum atomic E-state index is -0.0424. The highest BCUT2D eigenvalue weighted by molar-refractivity contribution is 5.72. The van der Waals surface area contributed by atoms with Crippen LogP contribution in [0.3, 0.4) is 0 Å². The number of hydrogen-bond donors (Lipinski definition) is 0. The lowest BCUT2D eigenvalue weighted by atomic mass is 9.96. The highest BCUT2D eigenvalue weighted by atomic mass is 16.5. The van der Waals surface area contributed by atoms with Gasteiger partial charge in [-0.2, -0.15) is 0 Å². The summed E-state index contributed by atoms with van der Waals surface area (Å²) in [7, 11) is 0. The second-order valence-corrected chi connectivity index (χ2v) is 17.6. The van der Waals surface area contributed by atoms with Crippen LogP contribution >= 0.6 is 0 Å². The van der Waals surface area contributed by atoms with Crippen molar-refractivity contribution >= 4 is 11.9 Å². The standard InChI is InChI=1S/C39H73N3O4.C8H18.C6H14/c1-5-8-9-10-14-19-26-37(25-6-2)39(44)46-35-23-18-12-11-16-21-29-41(31-24-32-42-33-28-40-36(42)4)30-22-17-13-15-20-27-38(43)45-34-7-3;1-3-5-7-8-6-4-2;1-3-5-6-4-2/h28,33,37H,5-27,29-32,34-35H2,1-4H3;3-8H2,1-2H3;3-6H2,1-2H3. The predicted octanol–water partition coefficient (Wildman–Crippen LogP) is 16.2. The number of esters is 2. The van der Waals surface area contributed by atoms with Gasteiger partial charge in [-0.3, -0.25) is 9.59 Å². The van der Waals surface area contributed by atoms with Crippen LogP contribution in [0.25, 0.3) is 0 Å². The van der Waals surface area contributed by atoms with Crippen LogP contribution < -0.4 is 0 Å². The molecule has 0 saturated carbocycles. The van der Waals surface area contributed by atoms with Gasteiger partial charge in [-0.05, 0) is 77.9 Å². The lowest BCUT2D eigenvalue weighted by Gasteiger charge is -2.22. The quantitative estimate of drug-likeness (QED) is 0.0483. The highest BCUT2D eigenvalue weighted by Gasteiger charge is 2.18. The summed E-state index contributed by atoms with van der Waals surface area (Å²) < 4.78 is 13.1. The number of ether oxygens (including phenoxy) is 2. The van der Waals surface area contributed by atoms with Crippen LogP contribution in [-0.4, -0.2) is 59.2 Å². The Bertz CT molecular complexity index is 989. The van der Waals surface area contributed by atoms with Crippen LogP contribution in [0.5, 0.6) is 0 Å². The van der Waals surface area contributed by atoms with Crippen molar-refractivity contribution < 1.29 is 19.1 Å². The fourth-order valence-electron chi connectivity index (χ4n) is 7.55. The average molecular weight is 848 g/mol. The summed E-state index contributed by atoms with van der Waals surface area (Å²) in [6, 6.07) is 0. The molecule has 1 heterocycles. The van der Waals surface area contributed by atoms with Gasteiger partial charge in [0, 0.05) is 25.4 Å². The van der Waals surface area contributed by atoms with E-state index in [0.29, 0.717) is 19.6 Å². The molecule has 0 N–H and O–H groups in total. The van der Waals surface area contributed by atoms with E-state index in [-0.39, 0.29) is 17.9 Å². The molecule has 1 aromatic heterocycles. The molecule has 0 radical (unpaired) electrons. The molecule has 0 amide bonds. The van der Waals surface area contributed by atoms with E-state index < -0.39 is 0 Å². The molecule has 0 spiro atoms. The van der Waals surface area contributed by atoms with E-state index in [9.17, 15) is 9.59 Å². The molecule has 7 heteroatoms. The number of hydrogen-bond acceptors (Lipinski definition) is 6. The minimum absolute atomic E-state index is 0.0424. The molecule has 1 unspecified atom stereocenters. The lowest BCUT2D eigenvalue weighted by Crippen LogP contribution is -2.28. The van der Waals surface area contributed by atoms with E-state index in [0.717, 1.165) is 89.7 Å². The molecule has 0 saturated heterocycles. The molecule has 356 valence electrons. The average Bonchev–Trinajstić information content (AvgIpc) is 3.67. The van der Waals surface area contributed by atoms with Crippen molar-refractivity contribution in [3.63, 3.8) is 0 Å². The molecule has 0 aliphatic heterocycles. The SMILES string of the molecule is CCCCCC.CCCCCCCC.CCCCCCCCC(CCC)C(=O)OCCCCCCCCN(CCCCCCCC(=O)OCCC)CCCn1ccnc1C. The summed E-state index contributed by atoms with van der Waals surface area (Å²) in [6.07, 6.45) is 44.1. The zero-order chi connectivity index (χ0) is 44.6. The van der Waals surface area contributed by atoms with Crippen LogP contribution in [-0.2, 0) is 25.6 Å². The van der Waals surface area contributed by atoms with Crippen molar-refractivity contribution in [3.8, 4) is 0 Å². The van der Waals surface area contributed by atoms with Gasteiger partial charge in [0.15, 0.2) is 0 Å². The van der Waals surface area contributed by atoms with Gasteiger partial charge in [-0.1, -0.05) is 203 Å². The molecule has 1 rings (SSSR count). The third kappa shape index (κ3) is 42.8. The van der Waals surface area contributed by atoms with Crippen LogP contribution in [0, 0.1) is 12.8 Å². The molecule has 0 bridgehead atoms. The molecule has 1 aromatic rings. The normalized spacial score (nSPS) is 11.5. The second-order valence-electron chi connectivity index (χ2n) is 17.6. The fraction of sp³-hybridized carbons (Fsp3) is 0.906. The van der Waals surface area contributed by atoms with Crippen LogP contribution in [0.2, 0.25) is 0 Å². The molecule has 0 fully saturated rings. The van der Waals surface area contributed by atoms with Crippen LogP contribution in [0.15, 0.2) is 12.4 Å². The highest BCUT2D eigenvalue weighted by Crippen LogP contribution is 2.19. The number of aromatic nitrogens is 2. The Hall–Kier alpha value is -1.89. The summed E-state index contributed by atoms with van der Waals surface area (Å²) >= 11 is 0. The Labute approximate surface area is 375 Å². The first-order chi connectivity index (χ1) is 29.3. The lowest BCUT2D eigenvalue weighted by molar-refractivity contribution is -0.149. The second kappa shape index (κ2) is 49.8. The maximum Gasteiger partial charge on any atom is 0.308 e. The van der Waals surface area contributed by atoms with Gasteiger partial charge in [0.25, 0.3) is 0 Å². The maximum absolute atomic E-state index is 12.6. The van der Waals surface area contributed by atoms with Crippen molar-refractivity contribution in [2.45, 2.75) is 274 Å². The number of carbonyl (C=O) groups is 2. The molecule has 1 atom stereocenters. The maximum atomic E-state index is 12.6. The summed E-state index contributed by atoms with van der Waals surface area (Å²) in [4.78, 5) is 31.3. The Morgan fingerprint density at radius 2 is 0.983 bits per heavy atom. The Balaban J connectivity index is 0. The number of rotatable bonds is 41. The largest absolute Gasteiger partial charge is 0.466 e. The zero-order valence-electron chi connectivity index (χ0n) is 41.8.